The number of carbonyl (C=O) groups is 1. The zero-order chi connectivity index (χ0) is 15.1. The number of aromatic hydroxyl groups is 1. The van der Waals surface area contributed by atoms with Crippen molar-refractivity contribution in [3.8, 4) is 5.75 Å². The molecule has 1 amide bonds. The Morgan fingerprint density at radius 1 is 1.19 bits per heavy atom. The van der Waals surface area contributed by atoms with Crippen molar-refractivity contribution in [1.82, 2.24) is 5.43 Å². The van der Waals surface area contributed by atoms with Crippen LogP contribution in [0.4, 0.5) is 0 Å². The van der Waals surface area contributed by atoms with E-state index in [0.717, 1.165) is 11.1 Å². The van der Waals surface area contributed by atoms with Gasteiger partial charge < -0.3 is 9.84 Å². The summed E-state index contributed by atoms with van der Waals surface area (Å²) in [7, 11) is 1.47. The van der Waals surface area contributed by atoms with Crippen LogP contribution in [0.1, 0.15) is 17.2 Å². The highest BCUT2D eigenvalue weighted by molar-refractivity contribution is 5.85. The first-order chi connectivity index (χ1) is 10.2. The summed E-state index contributed by atoms with van der Waals surface area (Å²) in [6.45, 7) is 0. The summed E-state index contributed by atoms with van der Waals surface area (Å²) in [5.41, 5.74) is 3.97. The molecule has 0 spiro atoms. The Bertz CT molecular complexity index is 609. The van der Waals surface area contributed by atoms with Gasteiger partial charge in [0.25, 0.3) is 5.91 Å². The minimum absolute atomic E-state index is 0.180. The van der Waals surface area contributed by atoms with E-state index in [4.69, 9.17) is 4.74 Å². The fourth-order valence-corrected chi connectivity index (χ4v) is 1.81. The van der Waals surface area contributed by atoms with Gasteiger partial charge in [-0.2, -0.15) is 5.10 Å². The van der Waals surface area contributed by atoms with Gasteiger partial charge in [0.2, 0.25) is 0 Å². The molecule has 0 aliphatic carbocycles. The van der Waals surface area contributed by atoms with Crippen LogP contribution in [0.25, 0.3) is 0 Å². The molecule has 2 aromatic rings. The molecular weight excluding hydrogens is 268 g/mol. The van der Waals surface area contributed by atoms with Crippen molar-refractivity contribution in [1.29, 1.82) is 0 Å². The summed E-state index contributed by atoms with van der Waals surface area (Å²) in [6, 6.07) is 15.7. The molecule has 1 atom stereocenters. The summed E-state index contributed by atoms with van der Waals surface area (Å²) in [5, 5.41) is 13.0. The van der Waals surface area contributed by atoms with Crippen molar-refractivity contribution in [3.63, 3.8) is 0 Å². The topological polar surface area (TPSA) is 70.9 Å². The van der Waals surface area contributed by atoms with Crippen LogP contribution in [-0.4, -0.2) is 24.3 Å². The third kappa shape index (κ3) is 4.15. The highest BCUT2D eigenvalue weighted by atomic mass is 16.5. The lowest BCUT2D eigenvalue weighted by molar-refractivity contribution is -0.131. The second kappa shape index (κ2) is 7.21. The number of nitrogens with one attached hydrogen (secondary N) is 1. The van der Waals surface area contributed by atoms with Crippen LogP contribution >= 0.6 is 0 Å². The summed E-state index contributed by atoms with van der Waals surface area (Å²) in [5.74, 6) is -0.168. The maximum Gasteiger partial charge on any atom is 0.273 e. The zero-order valence-electron chi connectivity index (χ0n) is 11.6. The second-order valence-corrected chi connectivity index (χ2v) is 4.35. The first-order valence-electron chi connectivity index (χ1n) is 6.40. The first-order valence-corrected chi connectivity index (χ1v) is 6.40. The number of rotatable bonds is 5. The fourth-order valence-electron chi connectivity index (χ4n) is 1.81. The standard InChI is InChI=1S/C16H16N2O3/c1-21-15(13-5-3-2-4-6-13)16(20)18-17-11-12-7-9-14(19)10-8-12/h2-11,15,19H,1H3,(H,18,20)/b17-11+. The smallest absolute Gasteiger partial charge is 0.273 e. The van der Waals surface area contributed by atoms with Crippen LogP contribution in [0, 0.1) is 0 Å². The van der Waals surface area contributed by atoms with Gasteiger partial charge in [-0.1, -0.05) is 30.3 Å². The Labute approximate surface area is 122 Å². The Morgan fingerprint density at radius 2 is 1.86 bits per heavy atom. The van der Waals surface area contributed by atoms with Gasteiger partial charge in [-0.25, -0.2) is 5.43 Å². The molecule has 0 radical (unpaired) electrons. The molecule has 0 saturated carbocycles. The van der Waals surface area contributed by atoms with Gasteiger partial charge in [0.15, 0.2) is 6.10 Å². The van der Waals surface area contributed by atoms with Crippen molar-refractivity contribution < 1.29 is 14.6 Å². The van der Waals surface area contributed by atoms with Gasteiger partial charge in [0.05, 0.1) is 6.21 Å². The number of hydrogen-bond acceptors (Lipinski definition) is 4. The number of nitrogens with zero attached hydrogens (tertiary/aromatic N) is 1. The highest BCUT2D eigenvalue weighted by Gasteiger charge is 2.18. The SMILES string of the molecule is COC(C(=O)N/N=C/c1ccc(O)cc1)c1ccccc1. The molecule has 0 aliphatic rings. The number of phenols is 1. The Hall–Kier alpha value is -2.66. The third-order valence-corrected chi connectivity index (χ3v) is 2.86. The molecule has 21 heavy (non-hydrogen) atoms. The number of hydrogen-bond donors (Lipinski definition) is 2. The second-order valence-electron chi connectivity index (χ2n) is 4.35. The van der Waals surface area contributed by atoms with Crippen molar-refractivity contribution in [2.45, 2.75) is 6.10 Å². The van der Waals surface area contributed by atoms with Crippen molar-refractivity contribution >= 4 is 12.1 Å². The number of benzene rings is 2. The summed E-state index contributed by atoms with van der Waals surface area (Å²) in [4.78, 5) is 12.0. The Morgan fingerprint density at radius 3 is 2.48 bits per heavy atom. The van der Waals surface area contributed by atoms with Crippen LogP contribution in [0.5, 0.6) is 5.75 Å². The maximum absolute atomic E-state index is 12.0. The Kier molecular flexibility index (Phi) is 5.06. The van der Waals surface area contributed by atoms with Crippen molar-refractivity contribution in [2.24, 2.45) is 5.10 Å². The van der Waals surface area contributed by atoms with Gasteiger partial charge in [-0.05, 0) is 35.4 Å². The van der Waals surface area contributed by atoms with E-state index >= 15 is 0 Å². The van der Waals surface area contributed by atoms with Crippen molar-refractivity contribution in [3.05, 3.63) is 65.7 Å². The molecule has 2 N–H and O–H groups in total. The number of methoxy groups -OCH3 is 1. The van der Waals surface area contributed by atoms with E-state index < -0.39 is 6.10 Å². The first kappa shape index (κ1) is 14.7. The van der Waals surface area contributed by atoms with E-state index in [1.807, 2.05) is 30.3 Å². The number of carbonyl (C=O) groups excluding carboxylic acids is 1. The lowest BCUT2D eigenvalue weighted by Gasteiger charge is -2.13. The third-order valence-electron chi connectivity index (χ3n) is 2.86. The molecule has 0 heterocycles. The number of hydrazone groups is 1. The lowest BCUT2D eigenvalue weighted by atomic mass is 10.1. The summed E-state index contributed by atoms with van der Waals surface area (Å²) < 4.78 is 5.20. The van der Waals surface area contributed by atoms with Crippen LogP contribution in [0.3, 0.4) is 0 Å². The number of ether oxygens (including phenoxy) is 1. The largest absolute Gasteiger partial charge is 0.508 e. The van der Waals surface area contributed by atoms with Gasteiger partial charge in [0, 0.05) is 7.11 Å². The lowest BCUT2D eigenvalue weighted by Crippen LogP contribution is -2.26. The van der Waals surface area contributed by atoms with Gasteiger partial charge in [-0.3, -0.25) is 4.79 Å². The molecule has 108 valence electrons. The molecule has 5 nitrogen and oxygen atoms in total. The molecule has 0 fully saturated rings. The van der Waals surface area contributed by atoms with E-state index in [-0.39, 0.29) is 11.7 Å². The average Bonchev–Trinajstić information content (AvgIpc) is 2.51. The minimum Gasteiger partial charge on any atom is -0.508 e. The quantitative estimate of drug-likeness (QED) is 0.653. The zero-order valence-corrected chi connectivity index (χ0v) is 11.6. The molecule has 2 aromatic carbocycles. The number of phenolic OH excluding ortho intramolecular Hbond substituents is 1. The molecule has 2 rings (SSSR count). The van der Waals surface area contributed by atoms with E-state index in [0.29, 0.717) is 0 Å². The van der Waals surface area contributed by atoms with E-state index in [1.54, 1.807) is 24.3 Å². The summed E-state index contributed by atoms with van der Waals surface area (Å²) in [6.07, 6.45) is 0.790. The highest BCUT2D eigenvalue weighted by Crippen LogP contribution is 2.16. The normalized spacial score (nSPS) is 12.2. The molecule has 0 aromatic heterocycles. The van der Waals surface area contributed by atoms with Crippen LogP contribution < -0.4 is 5.43 Å². The predicted molar refractivity (Wildman–Crippen MR) is 80.0 cm³/mol. The molecule has 1 unspecified atom stereocenters. The average molecular weight is 284 g/mol. The Balaban J connectivity index is 1.98. The van der Waals surface area contributed by atoms with Crippen LogP contribution in [-0.2, 0) is 9.53 Å². The van der Waals surface area contributed by atoms with Gasteiger partial charge >= 0.3 is 0 Å². The summed E-state index contributed by atoms with van der Waals surface area (Å²) >= 11 is 0. The van der Waals surface area contributed by atoms with Crippen molar-refractivity contribution in [2.75, 3.05) is 7.11 Å². The molecular formula is C16H16N2O3. The van der Waals surface area contributed by atoms with E-state index in [1.165, 1.54) is 13.3 Å². The van der Waals surface area contributed by atoms with Gasteiger partial charge in [-0.15, -0.1) is 0 Å². The number of amides is 1. The van der Waals surface area contributed by atoms with Crippen LogP contribution in [0.2, 0.25) is 0 Å². The molecule has 5 heteroatoms. The molecule has 0 bridgehead atoms. The van der Waals surface area contributed by atoms with E-state index in [9.17, 15) is 9.90 Å². The monoisotopic (exact) mass is 284 g/mol. The minimum atomic E-state index is -0.705. The molecule has 0 aliphatic heterocycles. The van der Waals surface area contributed by atoms with Gasteiger partial charge in [0.1, 0.15) is 5.75 Å². The fraction of sp³-hybridized carbons (Fsp3) is 0.125. The predicted octanol–water partition coefficient (Wildman–Crippen LogP) is 2.23. The van der Waals surface area contributed by atoms with Crippen LogP contribution in [0.15, 0.2) is 59.7 Å². The van der Waals surface area contributed by atoms with E-state index in [2.05, 4.69) is 10.5 Å². The molecule has 0 saturated heterocycles. The maximum atomic E-state index is 12.0.